The Morgan fingerprint density at radius 3 is 2.65 bits per heavy atom. The van der Waals surface area contributed by atoms with Crippen LogP contribution in [0.5, 0.6) is 0 Å². The molecule has 11 heteroatoms. The van der Waals surface area contributed by atoms with E-state index in [1.165, 1.54) is 23.4 Å². The molecule has 0 spiro atoms. The van der Waals surface area contributed by atoms with Gasteiger partial charge in [0, 0.05) is 19.6 Å². The van der Waals surface area contributed by atoms with E-state index in [0.717, 1.165) is 6.07 Å². The van der Waals surface area contributed by atoms with Crippen LogP contribution in [0.3, 0.4) is 0 Å². The highest BCUT2D eigenvalue weighted by Gasteiger charge is 2.53. The number of rotatable bonds is 7. The van der Waals surface area contributed by atoms with E-state index in [4.69, 9.17) is 4.52 Å². The zero-order valence-electron chi connectivity index (χ0n) is 18.3. The Morgan fingerprint density at radius 2 is 2.00 bits per heavy atom. The van der Waals surface area contributed by atoms with Gasteiger partial charge < -0.3 is 14.3 Å². The normalized spacial score (nSPS) is 23.3. The summed E-state index contributed by atoms with van der Waals surface area (Å²) in [5.41, 5.74) is -1.09. The number of nitrogens with zero attached hydrogens (tertiary/aromatic N) is 6. The van der Waals surface area contributed by atoms with Crippen molar-refractivity contribution in [2.75, 3.05) is 24.5 Å². The molecule has 0 aliphatic carbocycles. The molecule has 1 amide bonds. The maximum absolute atomic E-state index is 13.8. The van der Waals surface area contributed by atoms with Gasteiger partial charge in [0.15, 0.2) is 5.82 Å². The van der Waals surface area contributed by atoms with E-state index in [2.05, 4.69) is 28.3 Å². The van der Waals surface area contributed by atoms with E-state index >= 15 is 0 Å². The van der Waals surface area contributed by atoms with Crippen LogP contribution in [0.15, 0.2) is 53.0 Å². The number of carbonyl (C=O) groups excluding carboxylic acids is 1. The molecule has 3 atom stereocenters. The molecule has 4 heterocycles. The van der Waals surface area contributed by atoms with Crippen LogP contribution in [-0.2, 0) is 12.7 Å². The summed E-state index contributed by atoms with van der Waals surface area (Å²) in [6.45, 7) is 9.49. The van der Waals surface area contributed by atoms with Gasteiger partial charge in [-0.15, -0.1) is 13.2 Å². The van der Waals surface area contributed by atoms with Gasteiger partial charge in [-0.3, -0.25) is 14.7 Å². The molecule has 1 fully saturated rings. The molecule has 1 aromatic carbocycles. The van der Waals surface area contributed by atoms with Gasteiger partial charge in [-0.1, -0.05) is 23.4 Å². The van der Waals surface area contributed by atoms with Crippen molar-refractivity contribution >= 4 is 17.9 Å². The molecule has 0 saturated carbocycles. The van der Waals surface area contributed by atoms with Gasteiger partial charge in [0.2, 0.25) is 5.89 Å². The van der Waals surface area contributed by atoms with Crippen molar-refractivity contribution in [3.05, 3.63) is 66.4 Å². The lowest BCUT2D eigenvalue weighted by atomic mass is 9.90. The van der Waals surface area contributed by atoms with Crippen molar-refractivity contribution in [3.63, 3.8) is 0 Å². The second-order valence-electron chi connectivity index (χ2n) is 8.48. The van der Waals surface area contributed by atoms with Crippen LogP contribution in [-0.4, -0.2) is 63.9 Å². The maximum atomic E-state index is 13.8. The molecular formula is C23H23F3N6O2. The molecule has 2 unspecified atom stereocenters. The summed E-state index contributed by atoms with van der Waals surface area (Å²) in [6.07, 6.45) is 1.02. The third kappa shape index (κ3) is 3.60. The molecule has 3 aliphatic heterocycles. The van der Waals surface area contributed by atoms with Gasteiger partial charge >= 0.3 is 6.18 Å². The minimum absolute atomic E-state index is 0.192. The zero-order valence-corrected chi connectivity index (χ0v) is 18.3. The molecule has 1 aromatic heterocycles. The van der Waals surface area contributed by atoms with E-state index < -0.39 is 29.7 Å². The second kappa shape index (κ2) is 8.39. The fourth-order valence-corrected chi connectivity index (χ4v) is 4.89. The predicted octanol–water partition coefficient (Wildman–Crippen LogP) is 3.45. The van der Waals surface area contributed by atoms with Crippen molar-refractivity contribution < 1.29 is 22.5 Å². The van der Waals surface area contributed by atoms with Gasteiger partial charge in [0.05, 0.1) is 41.8 Å². The van der Waals surface area contributed by atoms with Gasteiger partial charge in [-0.05, 0) is 18.6 Å². The first kappa shape index (κ1) is 22.3. The molecule has 3 aliphatic rings. The lowest BCUT2D eigenvalue weighted by Crippen LogP contribution is -2.59. The van der Waals surface area contributed by atoms with E-state index in [1.807, 2.05) is 4.90 Å². The first-order valence-electron chi connectivity index (χ1n) is 10.9. The second-order valence-corrected chi connectivity index (χ2v) is 8.48. The number of carbonyl (C=O) groups is 1. The zero-order chi connectivity index (χ0) is 24.0. The Balaban J connectivity index is 1.49. The van der Waals surface area contributed by atoms with E-state index in [1.54, 1.807) is 17.1 Å². The molecule has 34 heavy (non-hydrogen) atoms. The van der Waals surface area contributed by atoms with Crippen LogP contribution < -0.4 is 4.90 Å². The average molecular weight is 472 g/mol. The van der Waals surface area contributed by atoms with Gasteiger partial charge in [-0.25, -0.2) is 0 Å². The fourth-order valence-electron chi connectivity index (χ4n) is 4.89. The average Bonchev–Trinajstić information content (AvgIpc) is 3.38. The minimum atomic E-state index is -4.65. The molecule has 0 bridgehead atoms. The molecule has 5 rings (SSSR count). The molecular weight excluding hydrogens is 449 g/mol. The monoisotopic (exact) mass is 472 g/mol. The van der Waals surface area contributed by atoms with Crippen LogP contribution >= 0.6 is 0 Å². The number of aliphatic imine (C=N–C) groups is 1. The van der Waals surface area contributed by atoms with Crippen molar-refractivity contribution in [2.24, 2.45) is 4.99 Å². The number of aromatic nitrogens is 2. The summed E-state index contributed by atoms with van der Waals surface area (Å²) >= 11 is 0. The topological polar surface area (TPSA) is 78.1 Å². The largest absolute Gasteiger partial charge is 0.417 e. The summed E-state index contributed by atoms with van der Waals surface area (Å²) in [5.74, 6) is 0.118. The highest BCUT2D eigenvalue weighted by Crippen LogP contribution is 2.46. The minimum Gasteiger partial charge on any atom is -0.338 e. The molecule has 1 saturated heterocycles. The summed E-state index contributed by atoms with van der Waals surface area (Å²) < 4.78 is 46.7. The summed E-state index contributed by atoms with van der Waals surface area (Å²) in [5, 5.41) is 4.12. The van der Waals surface area contributed by atoms with Crippen molar-refractivity contribution in [3.8, 4) is 0 Å². The van der Waals surface area contributed by atoms with Crippen LogP contribution in [0.25, 0.3) is 0 Å². The van der Waals surface area contributed by atoms with E-state index in [-0.39, 0.29) is 17.3 Å². The molecule has 0 N–H and O–H groups in total. The van der Waals surface area contributed by atoms with Crippen molar-refractivity contribution in [2.45, 2.75) is 37.3 Å². The first-order chi connectivity index (χ1) is 16.3. The standard InChI is InChI=1S/C23H23F3N6O2/c1-3-9-30(10-4-2)12-17-28-21(29-34-17)19-20-16-8-11-31(16)22(33)18-14(23(24,25)26)6-5-7-15(18)32(20)13-27-19/h3-7,13,16,19-20H,1-2,8-12H2/t16?,19-,20?/m0/s1. The summed E-state index contributed by atoms with van der Waals surface area (Å²) in [7, 11) is 0. The Kier molecular flexibility index (Phi) is 5.51. The molecule has 8 nitrogen and oxygen atoms in total. The van der Waals surface area contributed by atoms with E-state index in [0.29, 0.717) is 44.3 Å². The fraction of sp³-hybridized carbons (Fsp3) is 0.391. The molecule has 0 radical (unpaired) electrons. The Hall–Kier alpha value is -3.47. The third-order valence-electron chi connectivity index (χ3n) is 6.44. The van der Waals surface area contributed by atoms with Crippen LogP contribution in [0.4, 0.5) is 18.9 Å². The van der Waals surface area contributed by atoms with Gasteiger partial charge in [0.25, 0.3) is 5.91 Å². The van der Waals surface area contributed by atoms with E-state index in [9.17, 15) is 18.0 Å². The maximum Gasteiger partial charge on any atom is 0.417 e. The number of hydrogen-bond acceptors (Lipinski definition) is 7. The number of benzene rings is 1. The number of amides is 1. The highest BCUT2D eigenvalue weighted by atomic mass is 19.4. The number of alkyl halides is 3. The lowest BCUT2D eigenvalue weighted by Gasteiger charge is -2.45. The lowest BCUT2D eigenvalue weighted by molar-refractivity contribution is -0.138. The van der Waals surface area contributed by atoms with Crippen LogP contribution in [0, 0.1) is 0 Å². The number of fused-ring (bicyclic) bond motifs is 5. The summed E-state index contributed by atoms with van der Waals surface area (Å²) in [4.78, 5) is 27.4. The van der Waals surface area contributed by atoms with Crippen LogP contribution in [0.1, 0.15) is 40.1 Å². The van der Waals surface area contributed by atoms with Crippen molar-refractivity contribution in [1.82, 2.24) is 19.9 Å². The first-order valence-corrected chi connectivity index (χ1v) is 10.9. The highest BCUT2D eigenvalue weighted by molar-refractivity contribution is 6.06. The number of anilines is 1. The Labute approximate surface area is 194 Å². The number of halogens is 3. The van der Waals surface area contributed by atoms with Gasteiger partial charge in [-0.2, -0.15) is 18.2 Å². The predicted molar refractivity (Wildman–Crippen MR) is 118 cm³/mol. The number of hydrogen-bond donors (Lipinski definition) is 0. The quantitative estimate of drug-likeness (QED) is 0.575. The summed E-state index contributed by atoms with van der Waals surface area (Å²) in [6, 6.07) is 2.47. The van der Waals surface area contributed by atoms with Crippen LogP contribution in [0.2, 0.25) is 0 Å². The SMILES string of the molecule is C=CCN(CC=C)Cc1nc([C@H]2N=CN3c4cccc(C(F)(F)F)c4C(=O)N4CCC4C23)no1. The van der Waals surface area contributed by atoms with Gasteiger partial charge in [0.1, 0.15) is 6.04 Å². The smallest absolute Gasteiger partial charge is 0.338 e. The molecule has 2 aromatic rings. The molecule has 178 valence electrons. The van der Waals surface area contributed by atoms with Crippen molar-refractivity contribution in [1.29, 1.82) is 0 Å². The third-order valence-corrected chi connectivity index (χ3v) is 6.44. The Bertz CT molecular complexity index is 1150. The Morgan fingerprint density at radius 1 is 1.24 bits per heavy atom.